The highest BCUT2D eigenvalue weighted by Crippen LogP contribution is 2.43. The highest BCUT2D eigenvalue weighted by Gasteiger charge is 2.31. The van der Waals surface area contributed by atoms with E-state index in [0.717, 1.165) is 34.8 Å². The van der Waals surface area contributed by atoms with Crippen LogP contribution >= 0.6 is 0 Å². The number of aromatic nitrogens is 2. The van der Waals surface area contributed by atoms with Gasteiger partial charge in [-0.1, -0.05) is 0 Å². The first-order chi connectivity index (χ1) is 14.1. The van der Waals surface area contributed by atoms with Crippen molar-refractivity contribution in [1.82, 2.24) is 14.9 Å². The standard InChI is InChI=1S/C22H21F3N4O/c1-13(2)27-21(30)14-4-9-18-17(10-14)20-19(28(3)12-26-20)11-29(18)16-7-5-15(6-8-16)22(23,24)25/h4-10,12-13H,11H2,1-3H3,(H,27,30). The number of carbonyl (C=O) groups excluding carboxylic acids is 1. The van der Waals surface area contributed by atoms with Crippen LogP contribution < -0.4 is 10.2 Å². The van der Waals surface area contributed by atoms with Gasteiger partial charge in [-0.15, -0.1) is 0 Å². The van der Waals surface area contributed by atoms with E-state index in [2.05, 4.69) is 10.3 Å². The monoisotopic (exact) mass is 414 g/mol. The van der Waals surface area contributed by atoms with Crippen LogP contribution in [0.15, 0.2) is 48.8 Å². The van der Waals surface area contributed by atoms with Gasteiger partial charge in [-0.05, 0) is 56.3 Å². The lowest BCUT2D eigenvalue weighted by atomic mass is 9.98. The Hall–Kier alpha value is -3.29. The van der Waals surface area contributed by atoms with E-state index in [1.807, 2.05) is 36.4 Å². The van der Waals surface area contributed by atoms with Crippen LogP contribution in [0.4, 0.5) is 24.5 Å². The quantitative estimate of drug-likeness (QED) is 0.664. The van der Waals surface area contributed by atoms with Gasteiger partial charge in [0.25, 0.3) is 5.91 Å². The summed E-state index contributed by atoms with van der Waals surface area (Å²) < 4.78 is 40.8. The van der Waals surface area contributed by atoms with Crippen LogP contribution in [-0.4, -0.2) is 21.5 Å². The summed E-state index contributed by atoms with van der Waals surface area (Å²) in [7, 11) is 1.87. The highest BCUT2D eigenvalue weighted by molar-refractivity contribution is 5.98. The van der Waals surface area contributed by atoms with Crippen molar-refractivity contribution in [3.63, 3.8) is 0 Å². The third kappa shape index (κ3) is 3.53. The molecule has 2 heterocycles. The molecule has 0 bridgehead atoms. The van der Waals surface area contributed by atoms with Crippen molar-refractivity contribution < 1.29 is 18.0 Å². The van der Waals surface area contributed by atoms with Crippen molar-refractivity contribution in [3.05, 3.63) is 65.6 Å². The summed E-state index contributed by atoms with van der Waals surface area (Å²) in [5.41, 5.74) is 3.71. The molecule has 2 aromatic carbocycles. The third-order valence-corrected chi connectivity index (χ3v) is 5.10. The first-order valence-corrected chi connectivity index (χ1v) is 9.55. The second kappa shape index (κ2) is 7.19. The molecule has 0 fully saturated rings. The highest BCUT2D eigenvalue weighted by atomic mass is 19.4. The van der Waals surface area contributed by atoms with Gasteiger partial charge in [-0.3, -0.25) is 4.79 Å². The van der Waals surface area contributed by atoms with Gasteiger partial charge in [-0.25, -0.2) is 4.98 Å². The average molecular weight is 414 g/mol. The van der Waals surface area contributed by atoms with E-state index < -0.39 is 11.7 Å². The number of imidazole rings is 1. The number of nitrogens with one attached hydrogen (secondary N) is 1. The van der Waals surface area contributed by atoms with Crippen molar-refractivity contribution in [2.75, 3.05) is 4.90 Å². The van der Waals surface area contributed by atoms with Gasteiger partial charge in [0.05, 0.1) is 35.5 Å². The molecule has 0 aliphatic carbocycles. The molecule has 0 spiro atoms. The summed E-state index contributed by atoms with van der Waals surface area (Å²) >= 11 is 0. The Balaban J connectivity index is 1.79. The molecule has 1 N–H and O–H groups in total. The summed E-state index contributed by atoms with van der Waals surface area (Å²) in [4.78, 5) is 18.9. The zero-order chi connectivity index (χ0) is 21.6. The van der Waals surface area contributed by atoms with Crippen molar-refractivity contribution in [2.45, 2.75) is 32.6 Å². The molecule has 0 unspecified atom stereocenters. The predicted molar refractivity (Wildman–Crippen MR) is 109 cm³/mol. The van der Waals surface area contributed by atoms with E-state index in [4.69, 9.17) is 0 Å². The fourth-order valence-corrected chi connectivity index (χ4v) is 3.61. The predicted octanol–water partition coefficient (Wildman–Crippen LogP) is 4.90. The lowest BCUT2D eigenvalue weighted by molar-refractivity contribution is -0.137. The van der Waals surface area contributed by atoms with Crippen LogP contribution in [0.1, 0.15) is 35.5 Å². The largest absolute Gasteiger partial charge is 0.416 e. The minimum Gasteiger partial charge on any atom is -0.350 e. The molecule has 0 atom stereocenters. The number of carbonyl (C=O) groups is 1. The molecule has 1 aliphatic rings. The summed E-state index contributed by atoms with van der Waals surface area (Å²) in [5.74, 6) is -0.183. The van der Waals surface area contributed by atoms with Gasteiger partial charge in [0.15, 0.2) is 0 Å². The normalized spacial score (nSPS) is 13.2. The van der Waals surface area contributed by atoms with Crippen LogP contribution in [0.5, 0.6) is 0 Å². The van der Waals surface area contributed by atoms with Crippen LogP contribution in [0.2, 0.25) is 0 Å². The average Bonchev–Trinajstić information content (AvgIpc) is 3.07. The maximum absolute atomic E-state index is 13.0. The van der Waals surface area contributed by atoms with Crippen molar-refractivity contribution in [3.8, 4) is 11.3 Å². The molecule has 5 nitrogen and oxygen atoms in total. The van der Waals surface area contributed by atoms with Crippen molar-refractivity contribution in [2.24, 2.45) is 7.05 Å². The minimum absolute atomic E-state index is 0.00240. The molecule has 4 rings (SSSR count). The van der Waals surface area contributed by atoms with Gasteiger partial charge in [0.2, 0.25) is 0 Å². The molecular formula is C22H21F3N4O. The summed E-state index contributed by atoms with van der Waals surface area (Å²) in [5, 5.41) is 2.87. The second-order valence-corrected chi connectivity index (χ2v) is 7.64. The van der Waals surface area contributed by atoms with Gasteiger partial charge in [0.1, 0.15) is 0 Å². The molecule has 156 valence electrons. The number of amides is 1. The summed E-state index contributed by atoms with van der Waals surface area (Å²) in [6.45, 7) is 4.24. The number of rotatable bonds is 3. The zero-order valence-electron chi connectivity index (χ0n) is 16.8. The minimum atomic E-state index is -4.38. The molecule has 0 saturated heterocycles. The number of alkyl halides is 3. The maximum atomic E-state index is 13.0. The van der Waals surface area contributed by atoms with Crippen LogP contribution in [0.25, 0.3) is 11.3 Å². The van der Waals surface area contributed by atoms with Gasteiger partial charge >= 0.3 is 6.18 Å². The Kier molecular flexibility index (Phi) is 4.80. The number of hydrogen-bond donors (Lipinski definition) is 1. The summed E-state index contributed by atoms with van der Waals surface area (Å²) in [6, 6.07) is 10.4. The Morgan fingerprint density at radius 1 is 1.13 bits per heavy atom. The number of halogens is 3. The van der Waals surface area contributed by atoms with Gasteiger partial charge in [-0.2, -0.15) is 13.2 Å². The van der Waals surface area contributed by atoms with Crippen LogP contribution in [0, 0.1) is 0 Å². The second-order valence-electron chi connectivity index (χ2n) is 7.64. The Bertz CT molecular complexity index is 1100. The van der Waals surface area contributed by atoms with E-state index >= 15 is 0 Å². The SMILES string of the molecule is CC(C)NC(=O)c1ccc2c(c1)-c1ncn(C)c1CN2c1ccc(C(F)(F)F)cc1. The van der Waals surface area contributed by atoms with Gasteiger partial charge < -0.3 is 14.8 Å². The van der Waals surface area contributed by atoms with E-state index in [1.54, 1.807) is 18.5 Å². The van der Waals surface area contributed by atoms with E-state index in [1.165, 1.54) is 12.1 Å². The fourth-order valence-electron chi connectivity index (χ4n) is 3.61. The van der Waals surface area contributed by atoms with Crippen LogP contribution in [-0.2, 0) is 19.8 Å². The maximum Gasteiger partial charge on any atom is 0.416 e. The number of aryl methyl sites for hydroxylation is 1. The first kappa shape index (κ1) is 20.0. The summed E-state index contributed by atoms with van der Waals surface area (Å²) in [6.07, 6.45) is -2.68. The Morgan fingerprint density at radius 3 is 2.47 bits per heavy atom. The fraction of sp³-hybridized carbons (Fsp3) is 0.273. The molecule has 3 aromatic rings. The number of benzene rings is 2. The van der Waals surface area contributed by atoms with E-state index in [0.29, 0.717) is 17.8 Å². The molecule has 30 heavy (non-hydrogen) atoms. The zero-order valence-corrected chi connectivity index (χ0v) is 16.8. The molecule has 1 aliphatic heterocycles. The van der Waals surface area contributed by atoms with Crippen molar-refractivity contribution >= 4 is 17.3 Å². The smallest absolute Gasteiger partial charge is 0.350 e. The molecule has 0 radical (unpaired) electrons. The number of anilines is 2. The van der Waals surface area contributed by atoms with Crippen LogP contribution in [0.3, 0.4) is 0 Å². The molecular weight excluding hydrogens is 393 g/mol. The molecule has 8 heteroatoms. The lowest BCUT2D eigenvalue weighted by Crippen LogP contribution is -2.30. The molecule has 0 saturated carbocycles. The molecule has 1 amide bonds. The third-order valence-electron chi connectivity index (χ3n) is 5.10. The number of nitrogens with zero attached hydrogens (tertiary/aromatic N) is 3. The van der Waals surface area contributed by atoms with Crippen molar-refractivity contribution in [1.29, 1.82) is 0 Å². The lowest BCUT2D eigenvalue weighted by Gasteiger charge is -2.32. The first-order valence-electron chi connectivity index (χ1n) is 9.55. The number of fused-ring (bicyclic) bond motifs is 3. The topological polar surface area (TPSA) is 50.2 Å². The molecule has 1 aromatic heterocycles. The van der Waals surface area contributed by atoms with E-state index in [-0.39, 0.29) is 11.9 Å². The Labute approximate surface area is 172 Å². The Morgan fingerprint density at radius 2 is 1.83 bits per heavy atom. The van der Waals surface area contributed by atoms with E-state index in [9.17, 15) is 18.0 Å². The van der Waals surface area contributed by atoms with Gasteiger partial charge in [0, 0.05) is 29.9 Å². The number of hydrogen-bond acceptors (Lipinski definition) is 3.